The third-order valence-electron chi connectivity index (χ3n) is 8.57. The average molecular weight is 440 g/mol. The van der Waals surface area contributed by atoms with E-state index in [0.29, 0.717) is 0 Å². The number of nitrogens with zero attached hydrogens (tertiary/aromatic N) is 2. The minimum absolute atomic E-state index is 0. The fourth-order valence-electron chi connectivity index (χ4n) is 7.22. The van der Waals surface area contributed by atoms with Gasteiger partial charge >= 0.3 is 0 Å². The Hall–Kier alpha value is -2.65. The number of allylic oxidation sites excluding steroid dienone is 1. The molecule has 0 saturated carbocycles. The molecule has 33 heavy (non-hydrogen) atoms. The van der Waals surface area contributed by atoms with Crippen LogP contribution in [0.1, 0.15) is 59.1 Å². The van der Waals surface area contributed by atoms with Gasteiger partial charge in [-0.3, -0.25) is 0 Å². The number of anilines is 1. The molecule has 0 spiro atoms. The van der Waals surface area contributed by atoms with Gasteiger partial charge < -0.3 is 9.64 Å². The van der Waals surface area contributed by atoms with Gasteiger partial charge in [-0.15, -0.1) is 0 Å². The summed E-state index contributed by atoms with van der Waals surface area (Å²) in [7, 11) is 0. The standard InChI is InChI=1S/C29H31N2O.CH4/c1-28(2)20-9-5-7-11-22(20)30-15-13-24-18(26(28)30)17-19-25(32-24)14-16-31-23-12-8-6-10-21(23)29(3,4)27(19)31;/h5-12,17,24-25H,13-16H2,1-4H3;1H4/q+1;. The first-order chi connectivity index (χ1) is 15.4. The second-order valence-corrected chi connectivity index (χ2v) is 11.0. The highest BCUT2D eigenvalue weighted by Gasteiger charge is 2.54. The maximum Gasteiger partial charge on any atom is 0.209 e. The quantitative estimate of drug-likeness (QED) is 0.451. The third kappa shape index (κ3) is 2.52. The maximum absolute atomic E-state index is 6.89. The topological polar surface area (TPSA) is 15.5 Å². The van der Waals surface area contributed by atoms with Crippen LogP contribution < -0.4 is 4.90 Å². The van der Waals surface area contributed by atoms with Crippen molar-refractivity contribution in [2.75, 3.05) is 18.0 Å². The van der Waals surface area contributed by atoms with Crippen LogP contribution in [0.2, 0.25) is 0 Å². The molecule has 5 aliphatic heterocycles. The SMILES string of the molecule is C.CC1(C)C2=C3C=C4C5=[N+](CCC4OC3CCN2c2ccccc21)c1ccccc1C5(C)C. The first-order valence-corrected chi connectivity index (χ1v) is 12.1. The molecule has 0 N–H and O–H groups in total. The molecule has 0 aromatic heterocycles. The summed E-state index contributed by atoms with van der Waals surface area (Å²) in [6.45, 7) is 11.6. The minimum atomic E-state index is -0.00890. The molecule has 7 rings (SSSR count). The first-order valence-electron chi connectivity index (χ1n) is 12.1. The van der Waals surface area contributed by atoms with Crippen molar-refractivity contribution in [3.05, 3.63) is 82.6 Å². The predicted molar refractivity (Wildman–Crippen MR) is 136 cm³/mol. The number of ether oxygens (including phenoxy) is 1. The van der Waals surface area contributed by atoms with Gasteiger partial charge in [0.2, 0.25) is 5.69 Å². The van der Waals surface area contributed by atoms with E-state index in [4.69, 9.17) is 4.74 Å². The molecule has 5 heterocycles. The summed E-state index contributed by atoms with van der Waals surface area (Å²) in [5.74, 6) is 0. The Morgan fingerprint density at radius 3 is 2.42 bits per heavy atom. The number of para-hydroxylation sites is 2. The van der Waals surface area contributed by atoms with Crippen molar-refractivity contribution in [3.8, 4) is 0 Å². The maximum atomic E-state index is 6.89. The molecule has 2 atom stereocenters. The Kier molecular flexibility index (Phi) is 4.25. The van der Waals surface area contributed by atoms with Gasteiger partial charge in [0.25, 0.3) is 0 Å². The van der Waals surface area contributed by atoms with E-state index in [0.717, 1.165) is 25.9 Å². The van der Waals surface area contributed by atoms with E-state index in [1.54, 1.807) is 0 Å². The molecule has 0 radical (unpaired) electrons. The molecule has 0 aliphatic carbocycles. The van der Waals surface area contributed by atoms with Crippen molar-refractivity contribution in [1.82, 2.24) is 0 Å². The lowest BCUT2D eigenvalue weighted by molar-refractivity contribution is -0.445. The lowest BCUT2D eigenvalue weighted by Crippen LogP contribution is -2.47. The van der Waals surface area contributed by atoms with Crippen molar-refractivity contribution in [2.24, 2.45) is 0 Å². The number of rotatable bonds is 0. The number of hydrogen-bond donors (Lipinski definition) is 0. The van der Waals surface area contributed by atoms with Crippen LogP contribution in [0.4, 0.5) is 11.4 Å². The van der Waals surface area contributed by atoms with Gasteiger partial charge in [0, 0.05) is 52.5 Å². The molecule has 5 aliphatic rings. The number of hydrogen-bond acceptors (Lipinski definition) is 2. The van der Waals surface area contributed by atoms with Gasteiger partial charge in [-0.1, -0.05) is 57.7 Å². The lowest BCUT2D eigenvalue weighted by atomic mass is 9.74. The summed E-state index contributed by atoms with van der Waals surface area (Å²) in [5, 5.41) is 0. The number of benzene rings is 2. The van der Waals surface area contributed by atoms with Crippen molar-refractivity contribution < 1.29 is 9.31 Å². The molecule has 3 heteroatoms. The summed E-state index contributed by atoms with van der Waals surface area (Å²) in [6.07, 6.45) is 5.09. The highest BCUT2D eigenvalue weighted by Crippen LogP contribution is 2.53. The third-order valence-corrected chi connectivity index (χ3v) is 8.57. The molecule has 0 bridgehead atoms. The predicted octanol–water partition coefficient (Wildman–Crippen LogP) is 6.25. The van der Waals surface area contributed by atoms with Crippen LogP contribution in [0.3, 0.4) is 0 Å². The largest absolute Gasteiger partial charge is 0.365 e. The zero-order chi connectivity index (χ0) is 21.8. The van der Waals surface area contributed by atoms with E-state index >= 15 is 0 Å². The second kappa shape index (κ2) is 6.70. The van der Waals surface area contributed by atoms with Crippen molar-refractivity contribution in [3.63, 3.8) is 0 Å². The van der Waals surface area contributed by atoms with E-state index in [2.05, 4.69) is 91.8 Å². The monoisotopic (exact) mass is 439 g/mol. The first kappa shape index (κ1) is 20.9. The van der Waals surface area contributed by atoms with Gasteiger partial charge in [-0.25, -0.2) is 0 Å². The van der Waals surface area contributed by atoms with Crippen molar-refractivity contribution in [1.29, 1.82) is 0 Å². The summed E-state index contributed by atoms with van der Waals surface area (Å²) in [5.41, 5.74) is 11.3. The summed E-state index contributed by atoms with van der Waals surface area (Å²) in [6, 6.07) is 17.9. The van der Waals surface area contributed by atoms with Crippen LogP contribution in [-0.2, 0) is 15.6 Å². The molecule has 0 saturated heterocycles. The zero-order valence-corrected chi connectivity index (χ0v) is 19.5. The fourth-order valence-corrected chi connectivity index (χ4v) is 7.22. The Balaban J connectivity index is 0.00000206. The molecule has 2 aromatic rings. The molecule has 2 unspecified atom stereocenters. The van der Waals surface area contributed by atoms with E-state index in [1.165, 1.54) is 45.1 Å². The van der Waals surface area contributed by atoms with Crippen molar-refractivity contribution in [2.45, 2.75) is 71.0 Å². The van der Waals surface area contributed by atoms with Crippen LogP contribution in [0, 0.1) is 0 Å². The van der Waals surface area contributed by atoms with Crippen LogP contribution in [0.25, 0.3) is 0 Å². The van der Waals surface area contributed by atoms with Crippen LogP contribution in [-0.4, -0.2) is 35.6 Å². The van der Waals surface area contributed by atoms with Gasteiger partial charge in [-0.2, -0.15) is 4.58 Å². The summed E-state index contributed by atoms with van der Waals surface area (Å²) >= 11 is 0. The van der Waals surface area contributed by atoms with Gasteiger partial charge in [-0.05, 0) is 38.0 Å². The van der Waals surface area contributed by atoms with Crippen molar-refractivity contribution >= 4 is 17.1 Å². The average Bonchev–Trinajstić information content (AvgIpc) is 3.18. The normalized spacial score (nSPS) is 27.5. The molecular weight excluding hydrogens is 404 g/mol. The Morgan fingerprint density at radius 1 is 0.879 bits per heavy atom. The molecule has 2 aromatic carbocycles. The van der Waals surface area contributed by atoms with Crippen LogP contribution in [0.15, 0.2) is 71.5 Å². The highest BCUT2D eigenvalue weighted by atomic mass is 16.5. The molecule has 0 amide bonds. The summed E-state index contributed by atoms with van der Waals surface area (Å²) < 4.78 is 9.47. The van der Waals surface area contributed by atoms with E-state index in [-0.39, 0.29) is 30.5 Å². The second-order valence-electron chi connectivity index (χ2n) is 11.0. The smallest absolute Gasteiger partial charge is 0.209 e. The Morgan fingerprint density at radius 2 is 1.61 bits per heavy atom. The van der Waals surface area contributed by atoms with E-state index < -0.39 is 0 Å². The Bertz CT molecular complexity index is 1280. The highest BCUT2D eigenvalue weighted by molar-refractivity contribution is 6.08. The summed E-state index contributed by atoms with van der Waals surface area (Å²) in [4.78, 5) is 2.57. The number of fused-ring (bicyclic) bond motifs is 8. The fraction of sp³-hybridized carbons (Fsp3) is 0.433. The molecule has 3 nitrogen and oxygen atoms in total. The van der Waals surface area contributed by atoms with Gasteiger partial charge in [0.1, 0.15) is 0 Å². The molecule has 170 valence electrons. The minimum Gasteiger partial charge on any atom is -0.365 e. The molecule has 0 fully saturated rings. The van der Waals surface area contributed by atoms with Gasteiger partial charge in [0.05, 0.1) is 17.6 Å². The van der Waals surface area contributed by atoms with E-state index in [1.807, 2.05) is 0 Å². The van der Waals surface area contributed by atoms with E-state index in [9.17, 15) is 0 Å². The van der Waals surface area contributed by atoms with Crippen LogP contribution >= 0.6 is 0 Å². The lowest BCUT2D eigenvalue weighted by Gasteiger charge is -2.42. The van der Waals surface area contributed by atoms with Crippen LogP contribution in [0.5, 0.6) is 0 Å². The Labute approximate surface area is 198 Å². The molecular formula is C30H35N2O+. The zero-order valence-electron chi connectivity index (χ0n) is 19.5. The van der Waals surface area contributed by atoms with Gasteiger partial charge in [0.15, 0.2) is 12.3 Å².